The Balaban J connectivity index is 3.00. The standard InChI is InChI=1S/C4H6ClO2/c1-7-4(6)2-3-5/h1-3H2. The van der Waals surface area contributed by atoms with E-state index in [9.17, 15) is 4.79 Å². The summed E-state index contributed by atoms with van der Waals surface area (Å²) in [4.78, 5) is 10.0. The third kappa shape index (κ3) is 3.59. The average molecular weight is 122 g/mol. The second-order valence-corrected chi connectivity index (χ2v) is 1.33. The summed E-state index contributed by atoms with van der Waals surface area (Å²) < 4.78 is 4.02. The third-order valence-corrected chi connectivity index (χ3v) is 0.649. The second-order valence-electron chi connectivity index (χ2n) is 0.955. The van der Waals surface area contributed by atoms with Gasteiger partial charge in [-0.2, -0.15) is 0 Å². The Kier molecular flexibility index (Phi) is 3.80. The molecular formula is C4H6ClO2. The van der Waals surface area contributed by atoms with Crippen molar-refractivity contribution in [2.24, 2.45) is 0 Å². The number of ether oxygens (including phenoxy) is 1. The van der Waals surface area contributed by atoms with Crippen molar-refractivity contribution < 1.29 is 9.53 Å². The molecule has 0 saturated heterocycles. The van der Waals surface area contributed by atoms with E-state index in [4.69, 9.17) is 11.6 Å². The van der Waals surface area contributed by atoms with Crippen LogP contribution in [0.1, 0.15) is 6.42 Å². The smallest absolute Gasteiger partial charge is 0.307 e. The van der Waals surface area contributed by atoms with Crippen LogP contribution in [0.5, 0.6) is 0 Å². The first-order valence-corrected chi connectivity index (χ1v) is 2.35. The minimum absolute atomic E-state index is 0.241. The highest BCUT2D eigenvalue weighted by Crippen LogP contribution is 1.86. The Bertz CT molecular complexity index is 62.7. The number of halogens is 1. The van der Waals surface area contributed by atoms with Crippen LogP contribution in [-0.4, -0.2) is 11.8 Å². The molecule has 0 spiro atoms. The van der Waals surface area contributed by atoms with Crippen LogP contribution in [0.4, 0.5) is 0 Å². The van der Waals surface area contributed by atoms with Crippen molar-refractivity contribution in [2.45, 2.75) is 6.42 Å². The molecule has 0 aliphatic heterocycles. The Morgan fingerprint density at radius 2 is 2.43 bits per heavy atom. The maximum atomic E-state index is 10.0. The molecule has 1 radical (unpaired) electrons. The lowest BCUT2D eigenvalue weighted by Gasteiger charge is -1.89. The van der Waals surface area contributed by atoms with E-state index >= 15 is 0 Å². The minimum Gasteiger partial charge on any atom is -0.462 e. The van der Waals surface area contributed by atoms with Gasteiger partial charge in [0.25, 0.3) is 0 Å². The van der Waals surface area contributed by atoms with Crippen molar-refractivity contribution >= 4 is 17.6 Å². The lowest BCUT2D eigenvalue weighted by Crippen LogP contribution is -1.97. The molecule has 3 heteroatoms. The van der Waals surface area contributed by atoms with Gasteiger partial charge >= 0.3 is 5.97 Å². The summed E-state index contributed by atoms with van der Waals surface area (Å²) in [5.74, 6) is -0.0658. The quantitative estimate of drug-likeness (QED) is 0.402. The maximum Gasteiger partial charge on any atom is 0.307 e. The van der Waals surface area contributed by atoms with E-state index in [1.807, 2.05) is 0 Å². The predicted octanol–water partition coefficient (Wildman–Crippen LogP) is 0.950. The van der Waals surface area contributed by atoms with Crippen LogP contribution in [-0.2, 0) is 9.53 Å². The largest absolute Gasteiger partial charge is 0.462 e. The number of carbonyl (C=O) groups is 1. The van der Waals surface area contributed by atoms with E-state index in [0.717, 1.165) is 0 Å². The number of carbonyl (C=O) groups excluding carboxylic acids is 1. The van der Waals surface area contributed by atoms with Crippen molar-refractivity contribution in [1.82, 2.24) is 0 Å². The van der Waals surface area contributed by atoms with Gasteiger partial charge in [-0.25, -0.2) is 0 Å². The molecule has 2 nitrogen and oxygen atoms in total. The van der Waals surface area contributed by atoms with Crippen LogP contribution in [0.15, 0.2) is 0 Å². The number of alkyl halides is 1. The fourth-order valence-corrected chi connectivity index (χ4v) is 0.304. The monoisotopic (exact) mass is 121 g/mol. The molecule has 0 N–H and O–H groups in total. The molecule has 0 saturated carbocycles. The molecule has 0 atom stereocenters. The van der Waals surface area contributed by atoms with E-state index < -0.39 is 0 Å². The number of esters is 1. The molecule has 0 aliphatic rings. The van der Waals surface area contributed by atoms with Gasteiger partial charge in [-0.1, -0.05) is 0 Å². The highest BCUT2D eigenvalue weighted by Gasteiger charge is 1.94. The minimum atomic E-state index is -0.366. The van der Waals surface area contributed by atoms with Gasteiger partial charge in [0.1, 0.15) is 7.11 Å². The lowest BCUT2D eigenvalue weighted by atomic mass is 10.5. The van der Waals surface area contributed by atoms with Crippen molar-refractivity contribution in [2.75, 3.05) is 5.88 Å². The van der Waals surface area contributed by atoms with E-state index in [2.05, 4.69) is 11.8 Å². The first-order valence-electron chi connectivity index (χ1n) is 1.82. The first-order chi connectivity index (χ1) is 3.31. The van der Waals surface area contributed by atoms with Gasteiger partial charge in [0.15, 0.2) is 0 Å². The van der Waals surface area contributed by atoms with E-state index in [0.29, 0.717) is 5.88 Å². The predicted molar refractivity (Wildman–Crippen MR) is 26.8 cm³/mol. The molecule has 0 fully saturated rings. The van der Waals surface area contributed by atoms with Gasteiger partial charge in [-0.05, 0) is 0 Å². The Morgan fingerprint density at radius 1 is 1.86 bits per heavy atom. The number of rotatable bonds is 2. The molecule has 0 amide bonds. The molecule has 0 bridgehead atoms. The van der Waals surface area contributed by atoms with Crippen molar-refractivity contribution in [3.63, 3.8) is 0 Å². The molecule has 0 heterocycles. The zero-order chi connectivity index (χ0) is 5.70. The first kappa shape index (κ1) is 6.76. The lowest BCUT2D eigenvalue weighted by molar-refractivity contribution is -0.137. The Labute approximate surface area is 47.4 Å². The topological polar surface area (TPSA) is 26.3 Å². The van der Waals surface area contributed by atoms with Gasteiger partial charge < -0.3 is 4.74 Å². The van der Waals surface area contributed by atoms with Crippen LogP contribution >= 0.6 is 11.6 Å². The average Bonchev–Trinajstić information content (AvgIpc) is 1.68. The number of hydrogen-bond acceptors (Lipinski definition) is 2. The second kappa shape index (κ2) is 3.93. The van der Waals surface area contributed by atoms with E-state index in [1.54, 1.807) is 0 Å². The van der Waals surface area contributed by atoms with Crippen LogP contribution in [0, 0.1) is 7.11 Å². The zero-order valence-electron chi connectivity index (χ0n) is 3.82. The SMILES string of the molecule is [CH2]OC(=O)CCCl. The van der Waals surface area contributed by atoms with Crippen molar-refractivity contribution in [3.05, 3.63) is 7.11 Å². The Morgan fingerprint density at radius 3 is 2.57 bits per heavy atom. The van der Waals surface area contributed by atoms with Crippen LogP contribution < -0.4 is 0 Å². The summed E-state index contributed by atoms with van der Waals surface area (Å²) in [5, 5.41) is 0. The van der Waals surface area contributed by atoms with Gasteiger partial charge in [0.2, 0.25) is 0 Å². The summed E-state index contributed by atoms with van der Waals surface area (Å²) in [6.45, 7) is 0. The summed E-state index contributed by atoms with van der Waals surface area (Å²) in [5.41, 5.74) is 0. The van der Waals surface area contributed by atoms with Crippen LogP contribution in [0.25, 0.3) is 0 Å². The van der Waals surface area contributed by atoms with Gasteiger partial charge in [0.05, 0.1) is 6.42 Å². The maximum absolute atomic E-state index is 10.0. The van der Waals surface area contributed by atoms with Gasteiger partial charge in [-0.15, -0.1) is 11.6 Å². The highest BCUT2D eigenvalue weighted by atomic mass is 35.5. The molecule has 0 rings (SSSR count). The molecule has 0 aromatic rings. The van der Waals surface area contributed by atoms with E-state index in [1.165, 1.54) is 0 Å². The summed E-state index contributed by atoms with van der Waals surface area (Å²) in [7, 11) is 2.90. The van der Waals surface area contributed by atoms with Crippen molar-refractivity contribution in [1.29, 1.82) is 0 Å². The molecule has 0 aromatic heterocycles. The number of hydrogen-bond donors (Lipinski definition) is 0. The van der Waals surface area contributed by atoms with Gasteiger partial charge in [0, 0.05) is 5.88 Å². The van der Waals surface area contributed by atoms with Crippen molar-refractivity contribution in [3.8, 4) is 0 Å². The van der Waals surface area contributed by atoms with Crippen LogP contribution in [0.2, 0.25) is 0 Å². The normalized spacial score (nSPS) is 8.29. The molecule has 0 aromatic carbocycles. The fraction of sp³-hybridized carbons (Fsp3) is 0.500. The molecule has 0 unspecified atom stereocenters. The molecule has 41 valence electrons. The summed E-state index contributed by atoms with van der Waals surface area (Å²) in [6.07, 6.45) is 0.241. The molecular weight excluding hydrogens is 115 g/mol. The van der Waals surface area contributed by atoms with E-state index in [-0.39, 0.29) is 12.4 Å². The van der Waals surface area contributed by atoms with Crippen LogP contribution in [0.3, 0.4) is 0 Å². The third-order valence-electron chi connectivity index (χ3n) is 0.460. The summed E-state index contributed by atoms with van der Waals surface area (Å²) >= 11 is 5.15. The molecule has 0 aliphatic carbocycles. The van der Waals surface area contributed by atoms with Gasteiger partial charge in [-0.3, -0.25) is 4.79 Å². The molecule has 7 heavy (non-hydrogen) atoms. The Hall–Kier alpha value is -0.240. The fourth-order valence-electron chi connectivity index (χ4n) is 0.149. The highest BCUT2D eigenvalue weighted by molar-refractivity contribution is 6.18. The zero-order valence-corrected chi connectivity index (χ0v) is 4.57. The summed E-state index contributed by atoms with van der Waals surface area (Å²) in [6, 6.07) is 0.